The van der Waals surface area contributed by atoms with E-state index in [4.69, 9.17) is 4.42 Å². The van der Waals surface area contributed by atoms with Gasteiger partial charge in [0.15, 0.2) is 11.5 Å². The minimum Gasteiger partial charge on any atom is -0.440 e. The average molecular weight is 472 g/mol. The molecule has 0 spiro atoms. The molecule has 172 valence electrons. The van der Waals surface area contributed by atoms with Gasteiger partial charge in [-0.1, -0.05) is 44.2 Å². The van der Waals surface area contributed by atoms with Crippen LogP contribution in [0.3, 0.4) is 0 Å². The van der Waals surface area contributed by atoms with Crippen molar-refractivity contribution in [2.24, 2.45) is 0 Å². The lowest BCUT2D eigenvalue weighted by atomic mass is 10.2. The van der Waals surface area contributed by atoms with Gasteiger partial charge in [-0.05, 0) is 48.4 Å². The molecular formula is C27H25N3O3S. The second-order valence-corrected chi connectivity index (χ2v) is 9.57. The molecule has 0 saturated carbocycles. The van der Waals surface area contributed by atoms with Gasteiger partial charge in [-0.25, -0.2) is 4.98 Å². The van der Waals surface area contributed by atoms with Crippen molar-refractivity contribution in [1.29, 1.82) is 0 Å². The fourth-order valence-corrected chi connectivity index (χ4v) is 4.99. The summed E-state index contributed by atoms with van der Waals surface area (Å²) in [5.74, 6) is 0.940. The monoisotopic (exact) mass is 471 g/mol. The normalized spacial score (nSPS) is 12.9. The molecule has 6 nitrogen and oxygen atoms in total. The molecule has 0 fully saturated rings. The summed E-state index contributed by atoms with van der Waals surface area (Å²) in [7, 11) is 0. The van der Waals surface area contributed by atoms with Crippen LogP contribution in [0.5, 0.6) is 0 Å². The van der Waals surface area contributed by atoms with Crippen LogP contribution in [0.15, 0.2) is 76.0 Å². The number of hydrogen-bond acceptors (Lipinski definition) is 5. The third kappa shape index (κ3) is 4.43. The summed E-state index contributed by atoms with van der Waals surface area (Å²) in [4.78, 5) is 33.1. The standard InChI is InChI=1S/C27H25N3O3S/c1-17(2)27-29-21-15-19(11-12-23(21)33-27)28-26(32)20-8-4-6-10-24(20)34-16-25(31)30-14-13-18-7-3-5-9-22(18)30/h3-12,15,17H,13-14,16H2,1-2H3,(H,28,32). The van der Waals surface area contributed by atoms with Crippen molar-refractivity contribution in [3.63, 3.8) is 0 Å². The summed E-state index contributed by atoms with van der Waals surface area (Å²) in [5, 5.41) is 2.96. The van der Waals surface area contributed by atoms with E-state index in [0.717, 1.165) is 17.0 Å². The first kappa shape index (κ1) is 22.2. The molecule has 0 aliphatic carbocycles. The minimum atomic E-state index is -0.228. The van der Waals surface area contributed by atoms with Crippen LogP contribution in [-0.4, -0.2) is 29.1 Å². The van der Waals surface area contributed by atoms with Gasteiger partial charge in [-0.3, -0.25) is 9.59 Å². The highest BCUT2D eigenvalue weighted by Crippen LogP contribution is 2.30. The summed E-state index contributed by atoms with van der Waals surface area (Å²) in [6.45, 7) is 4.74. The molecule has 0 saturated heterocycles. The van der Waals surface area contributed by atoms with Crippen LogP contribution >= 0.6 is 11.8 Å². The SMILES string of the molecule is CC(C)c1nc2cc(NC(=O)c3ccccc3SCC(=O)N3CCc4ccccc43)ccc2o1. The van der Waals surface area contributed by atoms with E-state index in [0.29, 0.717) is 34.8 Å². The zero-order valence-corrected chi connectivity index (χ0v) is 19.9. The highest BCUT2D eigenvalue weighted by molar-refractivity contribution is 8.00. The molecule has 0 unspecified atom stereocenters. The van der Waals surface area contributed by atoms with E-state index in [1.54, 1.807) is 12.1 Å². The van der Waals surface area contributed by atoms with Gasteiger partial charge in [0.2, 0.25) is 5.91 Å². The third-order valence-electron chi connectivity index (χ3n) is 5.83. The number of rotatable bonds is 6. The maximum Gasteiger partial charge on any atom is 0.256 e. The molecule has 0 atom stereocenters. The Labute approximate surface area is 202 Å². The second kappa shape index (κ2) is 9.35. The average Bonchev–Trinajstić information content (AvgIpc) is 3.47. The van der Waals surface area contributed by atoms with Crippen LogP contribution < -0.4 is 10.2 Å². The quantitative estimate of drug-likeness (QED) is 0.355. The highest BCUT2D eigenvalue weighted by Gasteiger charge is 2.24. The molecule has 7 heteroatoms. The summed E-state index contributed by atoms with van der Waals surface area (Å²) in [6.07, 6.45) is 0.875. The molecule has 5 rings (SSSR count). The maximum atomic E-state index is 13.1. The molecule has 2 amide bonds. The Bertz CT molecular complexity index is 1380. The first-order valence-electron chi connectivity index (χ1n) is 11.3. The van der Waals surface area contributed by atoms with Crippen molar-refractivity contribution in [2.75, 3.05) is 22.5 Å². The van der Waals surface area contributed by atoms with Crippen LogP contribution in [0.4, 0.5) is 11.4 Å². The summed E-state index contributed by atoms with van der Waals surface area (Å²) < 4.78 is 5.75. The first-order valence-corrected chi connectivity index (χ1v) is 12.3. The molecule has 2 heterocycles. The van der Waals surface area contributed by atoms with Gasteiger partial charge >= 0.3 is 0 Å². The van der Waals surface area contributed by atoms with Gasteiger partial charge in [0.05, 0.1) is 11.3 Å². The number of anilines is 2. The largest absolute Gasteiger partial charge is 0.440 e. The second-order valence-electron chi connectivity index (χ2n) is 8.55. The van der Waals surface area contributed by atoms with Crippen molar-refractivity contribution >= 4 is 46.1 Å². The van der Waals surface area contributed by atoms with Gasteiger partial charge in [-0.15, -0.1) is 11.8 Å². The van der Waals surface area contributed by atoms with Crippen molar-refractivity contribution in [2.45, 2.75) is 31.1 Å². The van der Waals surface area contributed by atoms with E-state index in [2.05, 4.69) is 16.4 Å². The van der Waals surface area contributed by atoms with Crippen LogP contribution in [0.25, 0.3) is 11.1 Å². The Morgan fingerprint density at radius 2 is 1.88 bits per heavy atom. The highest BCUT2D eigenvalue weighted by atomic mass is 32.2. The number of carbonyl (C=O) groups is 2. The van der Waals surface area contributed by atoms with Gasteiger partial charge in [0.25, 0.3) is 5.91 Å². The number of aromatic nitrogens is 1. The smallest absolute Gasteiger partial charge is 0.256 e. The Balaban J connectivity index is 1.28. The summed E-state index contributed by atoms with van der Waals surface area (Å²) >= 11 is 1.39. The number of nitrogens with one attached hydrogen (secondary N) is 1. The number of carbonyl (C=O) groups excluding carboxylic acids is 2. The molecular weight excluding hydrogens is 446 g/mol. The van der Waals surface area contributed by atoms with Gasteiger partial charge < -0.3 is 14.6 Å². The van der Waals surface area contributed by atoms with Crippen molar-refractivity contribution in [3.8, 4) is 0 Å². The van der Waals surface area contributed by atoms with Crippen LogP contribution in [0.1, 0.15) is 41.6 Å². The molecule has 1 aliphatic heterocycles. The predicted molar refractivity (Wildman–Crippen MR) is 136 cm³/mol. The van der Waals surface area contributed by atoms with Gasteiger partial charge in [0.1, 0.15) is 5.52 Å². The van der Waals surface area contributed by atoms with E-state index in [-0.39, 0.29) is 23.5 Å². The number of benzene rings is 3. The van der Waals surface area contributed by atoms with E-state index < -0.39 is 0 Å². The molecule has 0 bridgehead atoms. The van der Waals surface area contributed by atoms with E-state index in [1.807, 2.05) is 67.3 Å². The summed E-state index contributed by atoms with van der Waals surface area (Å²) in [6, 6.07) is 20.8. The summed E-state index contributed by atoms with van der Waals surface area (Å²) in [5.41, 5.74) is 4.77. The number of hydrogen-bond donors (Lipinski definition) is 1. The Morgan fingerprint density at radius 3 is 2.74 bits per heavy atom. The zero-order chi connectivity index (χ0) is 23.7. The lowest BCUT2D eigenvalue weighted by Gasteiger charge is -2.17. The fraction of sp³-hybridized carbons (Fsp3) is 0.222. The predicted octanol–water partition coefficient (Wildman–Crippen LogP) is 5.88. The van der Waals surface area contributed by atoms with Crippen LogP contribution in [-0.2, 0) is 11.2 Å². The van der Waals surface area contributed by atoms with E-state index in [9.17, 15) is 9.59 Å². The van der Waals surface area contributed by atoms with Crippen molar-refractivity contribution in [1.82, 2.24) is 4.98 Å². The van der Waals surface area contributed by atoms with E-state index in [1.165, 1.54) is 17.3 Å². The number of amides is 2. The molecule has 34 heavy (non-hydrogen) atoms. The Morgan fingerprint density at radius 1 is 1.09 bits per heavy atom. The first-order chi connectivity index (χ1) is 16.5. The van der Waals surface area contributed by atoms with Crippen LogP contribution in [0.2, 0.25) is 0 Å². The molecule has 1 aromatic heterocycles. The molecule has 0 radical (unpaired) electrons. The lowest BCUT2D eigenvalue weighted by molar-refractivity contribution is -0.116. The van der Waals surface area contributed by atoms with Crippen molar-refractivity contribution < 1.29 is 14.0 Å². The van der Waals surface area contributed by atoms with E-state index >= 15 is 0 Å². The number of fused-ring (bicyclic) bond motifs is 2. The zero-order valence-electron chi connectivity index (χ0n) is 19.1. The molecule has 1 N–H and O–H groups in total. The Hall–Kier alpha value is -3.58. The molecule has 3 aromatic carbocycles. The number of nitrogens with zero attached hydrogens (tertiary/aromatic N) is 2. The van der Waals surface area contributed by atoms with Crippen LogP contribution in [0, 0.1) is 0 Å². The minimum absolute atomic E-state index is 0.0441. The topological polar surface area (TPSA) is 75.4 Å². The van der Waals surface area contributed by atoms with Crippen molar-refractivity contribution in [3.05, 3.63) is 83.7 Å². The molecule has 4 aromatic rings. The van der Waals surface area contributed by atoms with Gasteiger partial charge in [-0.2, -0.15) is 0 Å². The number of oxazole rings is 1. The van der Waals surface area contributed by atoms with Gasteiger partial charge in [0, 0.05) is 28.7 Å². The molecule has 1 aliphatic rings. The maximum absolute atomic E-state index is 13.1. The number of para-hydroxylation sites is 1. The Kier molecular flexibility index (Phi) is 6.11. The fourth-order valence-electron chi connectivity index (χ4n) is 4.06. The lowest BCUT2D eigenvalue weighted by Crippen LogP contribution is -2.30. The number of thioether (sulfide) groups is 1. The third-order valence-corrected chi connectivity index (χ3v) is 6.89.